The summed E-state index contributed by atoms with van der Waals surface area (Å²) in [4.78, 5) is 36.9. The van der Waals surface area contributed by atoms with E-state index in [2.05, 4.69) is 30.3 Å². The number of halogens is 2. The molecule has 3 atom stereocenters. The molecule has 0 spiro atoms. The van der Waals surface area contributed by atoms with Crippen molar-refractivity contribution in [3.63, 3.8) is 0 Å². The quantitative estimate of drug-likeness (QED) is 0.426. The van der Waals surface area contributed by atoms with Crippen molar-refractivity contribution in [3.8, 4) is 0 Å². The van der Waals surface area contributed by atoms with Gasteiger partial charge in [0.1, 0.15) is 40.2 Å². The summed E-state index contributed by atoms with van der Waals surface area (Å²) in [5.74, 6) is -2.00. The van der Waals surface area contributed by atoms with Crippen LogP contribution in [-0.4, -0.2) is 54.0 Å². The molecule has 1 fully saturated rings. The van der Waals surface area contributed by atoms with Crippen molar-refractivity contribution < 1.29 is 28.0 Å². The maximum atomic E-state index is 15.2. The van der Waals surface area contributed by atoms with Crippen molar-refractivity contribution in [3.05, 3.63) is 53.0 Å². The highest BCUT2D eigenvalue weighted by atomic mass is 32.3. The first-order valence-corrected chi connectivity index (χ1v) is 12.4. The molecule has 0 bridgehead atoms. The molecule has 2 aromatic rings. The van der Waals surface area contributed by atoms with Gasteiger partial charge in [-0.15, -0.1) is 0 Å². The summed E-state index contributed by atoms with van der Waals surface area (Å²) in [7, 11) is -2.73. The van der Waals surface area contributed by atoms with Gasteiger partial charge in [0.15, 0.2) is 0 Å². The van der Waals surface area contributed by atoms with Crippen LogP contribution >= 0.6 is 10.5 Å². The number of fused-ring (bicyclic) bond motifs is 1. The minimum atomic E-state index is -2.73. The second-order valence-corrected chi connectivity index (χ2v) is 12.3. The van der Waals surface area contributed by atoms with Crippen molar-refractivity contribution in [2.75, 3.05) is 11.9 Å². The van der Waals surface area contributed by atoms with Crippen LogP contribution in [0.4, 0.5) is 19.4 Å². The number of hydrogen-bond donors (Lipinski definition) is 5. The minimum absolute atomic E-state index is 0.00424. The molecule has 0 radical (unpaired) electrons. The Balaban J connectivity index is 1.79. The van der Waals surface area contributed by atoms with Gasteiger partial charge in [-0.2, -0.15) is 0 Å². The van der Waals surface area contributed by atoms with Crippen LogP contribution in [0.2, 0.25) is 0 Å². The first-order chi connectivity index (χ1) is 16.3. The summed E-state index contributed by atoms with van der Waals surface area (Å²) in [5.41, 5.74) is -1.31. The molecular weight excluding hydrogens is 482 g/mol. The molecule has 13 heteroatoms. The highest BCUT2D eigenvalue weighted by Crippen LogP contribution is 2.67. The molecule has 4 heterocycles. The van der Waals surface area contributed by atoms with Crippen molar-refractivity contribution in [2.24, 2.45) is 4.99 Å². The van der Waals surface area contributed by atoms with Gasteiger partial charge in [-0.05, 0) is 57.9 Å². The third-order valence-electron chi connectivity index (χ3n) is 6.51. The molecular formula is C22H26F2N6O4S. The Labute approximate surface area is 201 Å². The second kappa shape index (κ2) is 8.50. The second-order valence-electron chi connectivity index (χ2n) is 9.15. The SMILES string of the molecule is Cc1cc(F)cnc1C(=O)Nc1ccc(F)c([C@@]2(C)N=C(NC(=O)O)C(C)(C)[S@]3(O)NCC[C@H]23)n1. The number of amides is 2. The minimum Gasteiger partial charge on any atom is -0.465 e. The van der Waals surface area contributed by atoms with Crippen LogP contribution in [-0.2, 0) is 5.54 Å². The molecule has 0 unspecified atom stereocenters. The largest absolute Gasteiger partial charge is 0.465 e. The highest BCUT2D eigenvalue weighted by Gasteiger charge is 2.62. The number of aryl methyl sites for hydroxylation is 1. The Morgan fingerprint density at radius 3 is 2.60 bits per heavy atom. The first-order valence-electron chi connectivity index (χ1n) is 10.8. The zero-order valence-electron chi connectivity index (χ0n) is 19.5. The summed E-state index contributed by atoms with van der Waals surface area (Å²) >= 11 is 0. The van der Waals surface area contributed by atoms with E-state index in [4.69, 9.17) is 0 Å². The van der Waals surface area contributed by atoms with Gasteiger partial charge >= 0.3 is 6.09 Å². The molecule has 0 aliphatic carbocycles. The number of carbonyl (C=O) groups excluding carboxylic acids is 1. The van der Waals surface area contributed by atoms with E-state index in [1.165, 1.54) is 19.1 Å². The van der Waals surface area contributed by atoms with Crippen LogP contribution in [0.5, 0.6) is 0 Å². The molecule has 2 aliphatic heterocycles. The number of nitrogens with one attached hydrogen (secondary N) is 3. The highest BCUT2D eigenvalue weighted by molar-refractivity contribution is 8.29. The van der Waals surface area contributed by atoms with Gasteiger partial charge in [-0.3, -0.25) is 19.8 Å². The summed E-state index contributed by atoms with van der Waals surface area (Å²) in [6.07, 6.45) is 0.000213. The molecule has 35 heavy (non-hydrogen) atoms. The molecule has 0 saturated carbocycles. The van der Waals surface area contributed by atoms with Crippen LogP contribution in [0.1, 0.15) is 48.9 Å². The Hall–Kier alpha value is -3.16. The summed E-state index contributed by atoms with van der Waals surface area (Å²) in [6, 6.07) is 3.54. The van der Waals surface area contributed by atoms with E-state index < -0.39 is 49.7 Å². The van der Waals surface area contributed by atoms with Gasteiger partial charge in [0.05, 0.1) is 16.2 Å². The lowest BCUT2D eigenvalue weighted by atomic mass is 9.89. The Bertz CT molecular complexity index is 1260. The van der Waals surface area contributed by atoms with Gasteiger partial charge in [0, 0.05) is 6.54 Å². The van der Waals surface area contributed by atoms with E-state index >= 15 is 4.39 Å². The number of rotatable bonds is 3. The van der Waals surface area contributed by atoms with E-state index in [9.17, 15) is 23.6 Å². The van der Waals surface area contributed by atoms with Gasteiger partial charge in [-0.1, -0.05) is 10.5 Å². The third kappa shape index (κ3) is 4.02. The Morgan fingerprint density at radius 1 is 1.23 bits per heavy atom. The van der Waals surface area contributed by atoms with Crippen LogP contribution in [0.15, 0.2) is 29.4 Å². The maximum absolute atomic E-state index is 15.2. The normalized spacial score (nSPS) is 27.1. The first kappa shape index (κ1) is 24.9. The Morgan fingerprint density at radius 2 is 1.94 bits per heavy atom. The fourth-order valence-corrected chi connectivity index (χ4v) is 8.04. The zero-order chi connectivity index (χ0) is 25.8. The lowest BCUT2D eigenvalue weighted by Gasteiger charge is -2.56. The molecule has 188 valence electrons. The van der Waals surface area contributed by atoms with Gasteiger partial charge in [0.25, 0.3) is 5.91 Å². The van der Waals surface area contributed by atoms with Crippen LogP contribution < -0.4 is 15.4 Å². The maximum Gasteiger partial charge on any atom is 0.410 e. The van der Waals surface area contributed by atoms with Crippen LogP contribution in [0.25, 0.3) is 0 Å². The zero-order valence-corrected chi connectivity index (χ0v) is 20.3. The summed E-state index contributed by atoms with van der Waals surface area (Å²) < 4.78 is 42.3. The molecule has 1 saturated heterocycles. The lowest BCUT2D eigenvalue weighted by Crippen LogP contribution is -2.59. The van der Waals surface area contributed by atoms with E-state index in [0.29, 0.717) is 18.5 Å². The standard InChI is InChI=1S/C22H26F2N6O4S/c1-11-9-12(23)10-25-16(11)18(31)28-15-6-5-13(24)17(27-15)22(4)14-7-8-26-35(14,34)21(2,3)19(30-22)29-20(32)33/h5-6,9-10,14,26,34H,7-8H2,1-4H3,(H,29,30)(H,32,33)(H,27,28,31)/t14-,22+/m1/s1. The van der Waals surface area contributed by atoms with Crippen LogP contribution in [0.3, 0.4) is 0 Å². The smallest absolute Gasteiger partial charge is 0.410 e. The van der Waals surface area contributed by atoms with Crippen LogP contribution in [0, 0.1) is 18.6 Å². The van der Waals surface area contributed by atoms with Gasteiger partial charge < -0.3 is 15.0 Å². The van der Waals surface area contributed by atoms with E-state index in [1.54, 1.807) is 20.8 Å². The van der Waals surface area contributed by atoms with Crippen molar-refractivity contribution in [1.29, 1.82) is 0 Å². The van der Waals surface area contributed by atoms with E-state index in [1.807, 2.05) is 0 Å². The fourth-order valence-electron chi connectivity index (χ4n) is 4.66. The average molecular weight is 509 g/mol. The predicted molar refractivity (Wildman–Crippen MR) is 128 cm³/mol. The molecule has 4 rings (SSSR count). The fraction of sp³-hybridized carbons (Fsp3) is 0.409. The number of nitrogens with zero attached hydrogens (tertiary/aromatic N) is 3. The van der Waals surface area contributed by atoms with Gasteiger partial charge in [0.2, 0.25) is 0 Å². The summed E-state index contributed by atoms with van der Waals surface area (Å²) in [5, 5.41) is 13.6. The number of carboxylic acid groups (broad SMARTS) is 1. The monoisotopic (exact) mass is 508 g/mol. The van der Waals surface area contributed by atoms with E-state index in [0.717, 1.165) is 12.3 Å². The van der Waals surface area contributed by atoms with E-state index in [-0.39, 0.29) is 23.0 Å². The predicted octanol–water partition coefficient (Wildman–Crippen LogP) is 3.54. The van der Waals surface area contributed by atoms with Crippen molar-refractivity contribution in [2.45, 2.75) is 49.7 Å². The molecule has 10 nitrogen and oxygen atoms in total. The molecule has 0 aromatic carbocycles. The third-order valence-corrected chi connectivity index (χ3v) is 10.4. The van der Waals surface area contributed by atoms with Crippen molar-refractivity contribution in [1.82, 2.24) is 20.0 Å². The number of pyridine rings is 2. The number of anilines is 1. The Kier molecular flexibility index (Phi) is 6.06. The van der Waals surface area contributed by atoms with Crippen molar-refractivity contribution >= 4 is 34.1 Å². The number of hydrogen-bond acceptors (Lipinski definition) is 7. The lowest BCUT2D eigenvalue weighted by molar-refractivity contribution is 0.102. The number of amidine groups is 1. The topological polar surface area (TPSA) is 149 Å². The average Bonchev–Trinajstić information content (AvgIpc) is 3.18. The summed E-state index contributed by atoms with van der Waals surface area (Å²) in [6.45, 7) is 6.91. The number of carbonyl (C=O) groups is 2. The number of aromatic nitrogens is 2. The molecule has 2 aliphatic rings. The molecule has 2 aromatic heterocycles. The molecule has 2 amide bonds. The van der Waals surface area contributed by atoms with Gasteiger partial charge in [-0.25, -0.2) is 23.5 Å². The molecule has 5 N–H and O–H groups in total. The number of aliphatic imine (C=N–C) groups is 1.